The molecule has 0 radical (unpaired) electrons. The first-order valence-corrected chi connectivity index (χ1v) is 6.05. The van der Waals surface area contributed by atoms with Crippen molar-refractivity contribution < 1.29 is 9.50 Å². The molecule has 0 saturated heterocycles. The maximum atomic E-state index is 13.7. The lowest BCUT2D eigenvalue weighted by molar-refractivity contribution is 0.461. The van der Waals surface area contributed by atoms with E-state index in [1.165, 1.54) is 13.1 Å². The number of aromatic hydroxyl groups is 1. The lowest BCUT2D eigenvalue weighted by Gasteiger charge is -2.07. The van der Waals surface area contributed by atoms with Gasteiger partial charge in [0, 0.05) is 13.1 Å². The number of unbranched alkanes of at least 4 members (excludes halogenated alkanes) is 1. The Kier molecular flexibility index (Phi) is 3.64. The topological polar surface area (TPSA) is 72.9 Å². The number of aryl methyl sites for hydroxylation is 2. The first-order chi connectivity index (χ1) is 9.04. The van der Waals surface area contributed by atoms with Crippen LogP contribution in [0.15, 0.2) is 16.9 Å². The SMILES string of the molecule is CCCCc1cc(-n2nnn(C)c2=O)c(O)cc1F. The highest BCUT2D eigenvalue weighted by Crippen LogP contribution is 2.24. The van der Waals surface area contributed by atoms with Gasteiger partial charge in [-0.25, -0.2) is 9.18 Å². The average Bonchev–Trinajstić information content (AvgIpc) is 2.69. The zero-order chi connectivity index (χ0) is 14.0. The monoisotopic (exact) mass is 266 g/mol. The summed E-state index contributed by atoms with van der Waals surface area (Å²) in [7, 11) is 1.45. The molecule has 0 aliphatic heterocycles. The van der Waals surface area contributed by atoms with Crippen LogP contribution in [0.2, 0.25) is 0 Å². The second-order valence-corrected chi connectivity index (χ2v) is 4.33. The second kappa shape index (κ2) is 5.21. The van der Waals surface area contributed by atoms with E-state index >= 15 is 0 Å². The van der Waals surface area contributed by atoms with Crippen LogP contribution in [0.5, 0.6) is 5.75 Å². The lowest BCUT2D eigenvalue weighted by Crippen LogP contribution is -2.22. The van der Waals surface area contributed by atoms with Gasteiger partial charge in [-0.1, -0.05) is 13.3 Å². The fraction of sp³-hybridized carbons (Fsp3) is 0.417. The van der Waals surface area contributed by atoms with Crippen LogP contribution in [0, 0.1) is 5.82 Å². The minimum absolute atomic E-state index is 0.144. The van der Waals surface area contributed by atoms with Crippen LogP contribution in [0.4, 0.5) is 4.39 Å². The molecule has 6 nitrogen and oxygen atoms in total. The molecule has 0 aliphatic rings. The summed E-state index contributed by atoms with van der Waals surface area (Å²) in [5.74, 6) is -0.813. The Balaban J connectivity index is 2.51. The van der Waals surface area contributed by atoms with Crippen molar-refractivity contribution in [2.75, 3.05) is 0 Å². The first-order valence-electron chi connectivity index (χ1n) is 6.05. The Morgan fingerprint density at radius 2 is 2.11 bits per heavy atom. The third-order valence-electron chi connectivity index (χ3n) is 2.89. The summed E-state index contributed by atoms with van der Waals surface area (Å²) in [5.41, 5.74) is 0.0983. The number of benzene rings is 1. The zero-order valence-electron chi connectivity index (χ0n) is 10.8. The molecule has 0 spiro atoms. The predicted octanol–water partition coefficient (Wildman–Crippen LogP) is 1.15. The summed E-state index contributed by atoms with van der Waals surface area (Å²) in [5, 5.41) is 16.9. The van der Waals surface area contributed by atoms with E-state index in [1.54, 1.807) is 0 Å². The molecule has 1 heterocycles. The Labute approximate surface area is 109 Å². The maximum absolute atomic E-state index is 13.7. The first kappa shape index (κ1) is 13.3. The smallest absolute Gasteiger partial charge is 0.368 e. The van der Waals surface area contributed by atoms with E-state index in [-0.39, 0.29) is 11.4 Å². The van der Waals surface area contributed by atoms with E-state index in [9.17, 15) is 14.3 Å². The molecule has 2 aromatic rings. The van der Waals surface area contributed by atoms with Crippen LogP contribution in [0.3, 0.4) is 0 Å². The van der Waals surface area contributed by atoms with Crippen molar-refractivity contribution in [3.63, 3.8) is 0 Å². The third-order valence-corrected chi connectivity index (χ3v) is 2.89. The van der Waals surface area contributed by atoms with Crippen LogP contribution in [-0.4, -0.2) is 24.9 Å². The fourth-order valence-electron chi connectivity index (χ4n) is 1.79. The number of hydrogen-bond donors (Lipinski definition) is 1. The van der Waals surface area contributed by atoms with Crippen molar-refractivity contribution >= 4 is 0 Å². The highest BCUT2D eigenvalue weighted by atomic mass is 19.1. The lowest BCUT2D eigenvalue weighted by atomic mass is 10.1. The van der Waals surface area contributed by atoms with Crippen LogP contribution in [-0.2, 0) is 13.5 Å². The molecule has 0 atom stereocenters. The van der Waals surface area contributed by atoms with Gasteiger partial charge in [0.05, 0.1) is 0 Å². The Morgan fingerprint density at radius 1 is 1.37 bits per heavy atom. The van der Waals surface area contributed by atoms with E-state index in [1.807, 2.05) is 6.92 Å². The minimum atomic E-state index is -0.497. The molecule has 0 bridgehead atoms. The highest BCUT2D eigenvalue weighted by Gasteiger charge is 2.14. The number of phenolic OH excluding ortho intramolecular Hbond substituents is 1. The summed E-state index contributed by atoms with van der Waals surface area (Å²) in [4.78, 5) is 11.7. The number of hydrogen-bond acceptors (Lipinski definition) is 4. The maximum Gasteiger partial charge on any atom is 0.368 e. The van der Waals surface area contributed by atoms with E-state index in [2.05, 4.69) is 10.4 Å². The summed E-state index contributed by atoms with van der Waals surface area (Å²) in [6.45, 7) is 2.01. The molecule has 19 heavy (non-hydrogen) atoms. The molecule has 0 saturated carbocycles. The minimum Gasteiger partial charge on any atom is -0.506 e. The Bertz CT molecular complexity index is 648. The molecule has 0 aliphatic carbocycles. The predicted molar refractivity (Wildman–Crippen MR) is 66.8 cm³/mol. The molecule has 7 heteroatoms. The molecule has 0 fully saturated rings. The van der Waals surface area contributed by atoms with E-state index in [4.69, 9.17) is 0 Å². The average molecular weight is 266 g/mol. The number of nitrogens with zero attached hydrogens (tertiary/aromatic N) is 4. The summed E-state index contributed by atoms with van der Waals surface area (Å²) in [6, 6.07) is 2.44. The molecule has 102 valence electrons. The summed E-state index contributed by atoms with van der Waals surface area (Å²) in [6.07, 6.45) is 2.31. The van der Waals surface area contributed by atoms with Gasteiger partial charge in [-0.15, -0.1) is 0 Å². The Morgan fingerprint density at radius 3 is 2.68 bits per heavy atom. The molecule has 1 aromatic carbocycles. The van der Waals surface area contributed by atoms with Crippen LogP contribution in [0.25, 0.3) is 5.69 Å². The molecule has 1 aromatic heterocycles. The number of aromatic nitrogens is 4. The molecular weight excluding hydrogens is 251 g/mol. The van der Waals surface area contributed by atoms with Gasteiger partial charge in [0.1, 0.15) is 17.3 Å². The fourth-order valence-corrected chi connectivity index (χ4v) is 1.79. The van der Waals surface area contributed by atoms with Gasteiger partial charge in [-0.2, -0.15) is 9.36 Å². The molecular formula is C12H15FN4O2. The van der Waals surface area contributed by atoms with Crippen molar-refractivity contribution in [2.24, 2.45) is 7.05 Å². The molecule has 0 amide bonds. The van der Waals surface area contributed by atoms with E-state index < -0.39 is 11.5 Å². The van der Waals surface area contributed by atoms with E-state index in [0.717, 1.165) is 28.3 Å². The second-order valence-electron chi connectivity index (χ2n) is 4.33. The summed E-state index contributed by atoms with van der Waals surface area (Å²) < 4.78 is 15.7. The van der Waals surface area contributed by atoms with Gasteiger partial charge in [0.2, 0.25) is 0 Å². The molecule has 2 rings (SSSR count). The normalized spacial score (nSPS) is 10.9. The van der Waals surface area contributed by atoms with Crippen LogP contribution < -0.4 is 5.69 Å². The van der Waals surface area contributed by atoms with Gasteiger partial charge >= 0.3 is 5.69 Å². The third kappa shape index (κ3) is 2.49. The van der Waals surface area contributed by atoms with Gasteiger partial charge in [0.25, 0.3) is 0 Å². The Hall–Kier alpha value is -2.18. The molecule has 0 unspecified atom stereocenters. The highest BCUT2D eigenvalue weighted by molar-refractivity contribution is 5.48. The van der Waals surface area contributed by atoms with Crippen molar-refractivity contribution in [3.05, 3.63) is 34.0 Å². The standard InChI is InChI=1S/C12H15FN4O2/c1-3-4-5-8-6-10(11(18)7-9(8)13)17-12(19)16(2)14-15-17/h6-7,18H,3-5H2,1-2H3. The number of halogens is 1. The van der Waals surface area contributed by atoms with Gasteiger partial charge < -0.3 is 5.11 Å². The van der Waals surface area contributed by atoms with Crippen LogP contribution >= 0.6 is 0 Å². The van der Waals surface area contributed by atoms with Gasteiger partial charge in [-0.3, -0.25) is 0 Å². The van der Waals surface area contributed by atoms with Crippen molar-refractivity contribution in [3.8, 4) is 11.4 Å². The van der Waals surface area contributed by atoms with Gasteiger partial charge in [-0.05, 0) is 34.9 Å². The van der Waals surface area contributed by atoms with E-state index in [0.29, 0.717) is 12.0 Å². The van der Waals surface area contributed by atoms with Crippen molar-refractivity contribution in [1.82, 2.24) is 19.8 Å². The number of phenols is 1. The largest absolute Gasteiger partial charge is 0.506 e. The summed E-state index contributed by atoms with van der Waals surface area (Å²) >= 11 is 0. The number of tetrazole rings is 1. The zero-order valence-corrected chi connectivity index (χ0v) is 10.8. The van der Waals surface area contributed by atoms with Crippen molar-refractivity contribution in [2.45, 2.75) is 26.2 Å². The molecule has 1 N–H and O–H groups in total. The number of rotatable bonds is 4. The van der Waals surface area contributed by atoms with Gasteiger partial charge in [0.15, 0.2) is 0 Å². The van der Waals surface area contributed by atoms with Crippen molar-refractivity contribution in [1.29, 1.82) is 0 Å². The van der Waals surface area contributed by atoms with Crippen LogP contribution in [0.1, 0.15) is 25.3 Å². The quantitative estimate of drug-likeness (QED) is 0.901.